The van der Waals surface area contributed by atoms with Crippen LogP contribution in [0.2, 0.25) is 0 Å². The van der Waals surface area contributed by atoms with Gasteiger partial charge in [-0.2, -0.15) is 0 Å². The number of benzene rings is 1. The summed E-state index contributed by atoms with van der Waals surface area (Å²) in [5, 5.41) is 12.9. The van der Waals surface area contributed by atoms with Crippen LogP contribution < -0.4 is 5.32 Å². The number of amides is 2. The summed E-state index contributed by atoms with van der Waals surface area (Å²) >= 11 is 0. The van der Waals surface area contributed by atoms with Crippen molar-refractivity contribution in [1.82, 2.24) is 10.2 Å². The van der Waals surface area contributed by atoms with Crippen molar-refractivity contribution in [3.05, 3.63) is 53.1 Å². The van der Waals surface area contributed by atoms with E-state index in [9.17, 15) is 24.3 Å². The van der Waals surface area contributed by atoms with Crippen LogP contribution in [-0.4, -0.2) is 101 Å². The number of aliphatic hydroxyl groups excluding tert-OH is 1. The van der Waals surface area contributed by atoms with E-state index in [1.54, 1.807) is 31.7 Å². The fraction of sp³-hybridized carbons (Fsp3) is 0.674. The second kappa shape index (κ2) is 15.4. The van der Waals surface area contributed by atoms with Gasteiger partial charge in [-0.25, -0.2) is 4.79 Å². The van der Waals surface area contributed by atoms with E-state index in [4.69, 9.17) is 23.7 Å². The topological polar surface area (TPSA) is 153 Å². The molecule has 8 rings (SSSR count). The van der Waals surface area contributed by atoms with Gasteiger partial charge in [-0.3, -0.25) is 14.4 Å². The van der Waals surface area contributed by atoms with Crippen LogP contribution in [0.3, 0.4) is 0 Å². The Morgan fingerprint density at radius 1 is 1.04 bits per heavy atom. The van der Waals surface area contributed by atoms with Crippen molar-refractivity contribution >= 4 is 29.8 Å². The van der Waals surface area contributed by atoms with Crippen molar-refractivity contribution in [2.45, 2.75) is 152 Å². The Morgan fingerprint density at radius 3 is 2.53 bits per heavy atom. The molecule has 0 aromatic heterocycles. The van der Waals surface area contributed by atoms with E-state index in [0.717, 1.165) is 50.5 Å². The number of allylic oxidation sites excluding steroid dienone is 1. The number of rotatable bonds is 13. The van der Waals surface area contributed by atoms with Crippen LogP contribution >= 0.6 is 0 Å². The van der Waals surface area contributed by atoms with E-state index in [-0.39, 0.29) is 49.5 Å². The lowest BCUT2D eigenvalue weighted by Crippen LogP contribution is -2.51. The van der Waals surface area contributed by atoms with Crippen LogP contribution in [0.4, 0.5) is 0 Å². The summed E-state index contributed by atoms with van der Waals surface area (Å²) < 4.78 is 30.9. The molecule has 12 heteroatoms. The maximum Gasteiger partial charge on any atom is 0.338 e. The minimum absolute atomic E-state index is 0.0366. The normalized spacial score (nSPS) is 31.6. The van der Waals surface area contributed by atoms with Crippen molar-refractivity contribution in [3.8, 4) is 0 Å². The third-order valence-electron chi connectivity index (χ3n) is 12.2. The Bertz CT molecular complexity index is 1700. The highest BCUT2D eigenvalue weighted by molar-refractivity contribution is 5.98. The second-order valence-electron chi connectivity index (χ2n) is 17.7. The summed E-state index contributed by atoms with van der Waals surface area (Å²) in [4.78, 5) is 55.6. The summed E-state index contributed by atoms with van der Waals surface area (Å²) in [6.07, 6.45) is 13.8. The molecule has 3 aliphatic heterocycles. The minimum atomic E-state index is -0.768. The second-order valence-corrected chi connectivity index (χ2v) is 17.7. The average molecular weight is 761 g/mol. The molecule has 3 saturated carbocycles. The predicted octanol–water partition coefficient (Wildman–Crippen LogP) is 5.01. The third-order valence-corrected chi connectivity index (χ3v) is 12.2. The van der Waals surface area contributed by atoms with Crippen LogP contribution in [0.15, 0.2) is 42.0 Å². The highest BCUT2D eigenvalue weighted by atomic mass is 16.8. The van der Waals surface area contributed by atoms with Crippen molar-refractivity contribution in [1.29, 1.82) is 0 Å². The van der Waals surface area contributed by atoms with E-state index < -0.39 is 53.7 Å². The van der Waals surface area contributed by atoms with Crippen LogP contribution in [0.5, 0.6) is 0 Å². The fourth-order valence-electron chi connectivity index (χ4n) is 9.05. The van der Waals surface area contributed by atoms with Gasteiger partial charge in [0.25, 0.3) is 0 Å². The van der Waals surface area contributed by atoms with Crippen molar-refractivity contribution < 1.29 is 48.0 Å². The van der Waals surface area contributed by atoms with E-state index in [2.05, 4.69) is 17.5 Å². The molecule has 12 nitrogen and oxygen atoms in total. The number of nitrogens with zero attached hydrogens (tertiary/aromatic N) is 1. The average Bonchev–Trinajstić information content (AvgIpc) is 4.09. The Kier molecular flexibility index (Phi) is 10.7. The molecule has 3 saturated heterocycles. The summed E-state index contributed by atoms with van der Waals surface area (Å²) in [5.41, 5.74) is 1.13. The van der Waals surface area contributed by atoms with Crippen LogP contribution in [0.25, 0.3) is 6.08 Å². The van der Waals surface area contributed by atoms with Gasteiger partial charge in [-0.05, 0) is 115 Å². The number of epoxide rings is 1. The number of fused-ring (bicyclic) bond motifs is 2. The Hall–Kier alpha value is -3.58. The van der Waals surface area contributed by atoms with E-state index in [1.165, 1.54) is 0 Å². The van der Waals surface area contributed by atoms with Gasteiger partial charge in [0.2, 0.25) is 11.8 Å². The number of hydrogen-bond acceptors (Lipinski definition) is 10. The number of nitrogens with one attached hydrogen (secondary N) is 1. The lowest BCUT2D eigenvalue weighted by molar-refractivity contribution is -0.209. The molecule has 0 bridgehead atoms. The zero-order valence-electron chi connectivity index (χ0n) is 32.3. The first-order chi connectivity index (χ1) is 26.4. The SMILES string of the molecule is CC(C)(C)OC(=O)CCC(CO)NC(=O)C1CCCN1C(=O)C1=CC2OC(C3CC3)(C3CC3)OC2C(OC(=O)c2cccc(C=CC3CCC4OC4C3)c2)C1. The molecule has 55 heavy (non-hydrogen) atoms. The molecule has 4 aliphatic carbocycles. The Balaban J connectivity index is 0.957. The number of esters is 2. The lowest BCUT2D eigenvalue weighted by atomic mass is 9.88. The van der Waals surface area contributed by atoms with Crippen LogP contribution in [-0.2, 0) is 38.1 Å². The van der Waals surface area contributed by atoms with Crippen molar-refractivity contribution in [2.75, 3.05) is 13.2 Å². The quantitative estimate of drug-likeness (QED) is 0.207. The number of aliphatic hydroxyl groups is 1. The van der Waals surface area contributed by atoms with Gasteiger partial charge in [-0.1, -0.05) is 24.3 Å². The zero-order valence-corrected chi connectivity index (χ0v) is 32.3. The van der Waals surface area contributed by atoms with E-state index >= 15 is 0 Å². The first-order valence-electron chi connectivity index (χ1n) is 20.5. The highest BCUT2D eigenvalue weighted by Gasteiger charge is 2.64. The van der Waals surface area contributed by atoms with Gasteiger partial charge >= 0.3 is 11.9 Å². The molecule has 8 atom stereocenters. The Morgan fingerprint density at radius 2 is 1.82 bits per heavy atom. The molecule has 7 aliphatic rings. The third kappa shape index (κ3) is 8.72. The van der Waals surface area contributed by atoms with Gasteiger partial charge in [0, 0.05) is 36.8 Å². The monoisotopic (exact) mass is 760 g/mol. The van der Waals surface area contributed by atoms with E-state index in [0.29, 0.717) is 48.6 Å². The maximum atomic E-state index is 14.3. The first-order valence-corrected chi connectivity index (χ1v) is 20.5. The van der Waals surface area contributed by atoms with Crippen molar-refractivity contribution in [2.24, 2.45) is 17.8 Å². The Labute approximate surface area is 323 Å². The molecular weight excluding hydrogens is 704 g/mol. The molecule has 1 aromatic carbocycles. The predicted molar refractivity (Wildman–Crippen MR) is 200 cm³/mol. The molecule has 2 amide bonds. The molecule has 0 spiro atoms. The molecule has 6 fully saturated rings. The van der Waals surface area contributed by atoms with Gasteiger partial charge in [-0.15, -0.1) is 0 Å². The molecule has 1 aromatic rings. The molecule has 0 radical (unpaired) electrons. The fourth-order valence-corrected chi connectivity index (χ4v) is 9.05. The summed E-state index contributed by atoms with van der Waals surface area (Å²) in [5.74, 6) is -1.30. The first kappa shape index (κ1) is 38.3. The van der Waals surface area contributed by atoms with Gasteiger partial charge < -0.3 is 39.0 Å². The van der Waals surface area contributed by atoms with E-state index in [1.807, 2.05) is 24.3 Å². The largest absolute Gasteiger partial charge is 0.460 e. The maximum absolute atomic E-state index is 14.3. The number of carbonyl (C=O) groups is 4. The summed E-state index contributed by atoms with van der Waals surface area (Å²) in [6, 6.07) is 6.00. The smallest absolute Gasteiger partial charge is 0.338 e. The molecule has 8 unspecified atom stereocenters. The minimum Gasteiger partial charge on any atom is -0.460 e. The number of hydrogen-bond donors (Lipinski definition) is 2. The van der Waals surface area contributed by atoms with Crippen molar-refractivity contribution in [3.63, 3.8) is 0 Å². The highest BCUT2D eigenvalue weighted by Crippen LogP contribution is 2.59. The molecule has 3 heterocycles. The molecular formula is C43H56N2O10. The van der Waals surface area contributed by atoms with Gasteiger partial charge in [0.05, 0.1) is 30.4 Å². The number of carbonyl (C=O) groups excluding carboxylic acids is 4. The van der Waals surface area contributed by atoms with Crippen LogP contribution in [0.1, 0.15) is 114 Å². The zero-order chi connectivity index (χ0) is 38.5. The molecule has 2 N–H and O–H groups in total. The van der Waals surface area contributed by atoms with Gasteiger partial charge in [0.1, 0.15) is 30.0 Å². The lowest BCUT2D eigenvalue weighted by Gasteiger charge is -2.33. The molecule has 298 valence electrons. The van der Waals surface area contributed by atoms with Gasteiger partial charge in [0.15, 0.2) is 5.79 Å². The number of likely N-dealkylation sites (tertiary alicyclic amines) is 1. The van der Waals surface area contributed by atoms with Crippen LogP contribution in [0, 0.1) is 17.8 Å². The standard InChI is InChI=1S/C43H56N2O10/c1-42(2,3)54-37(47)18-16-31(24-46)44-39(48)32-8-5-19-45(32)40(49)28-22-35(38-36(23-28)53-43(55-38,29-12-13-29)30-14-15-30)52-41(50)27-7-4-6-25(20-27)9-10-26-11-17-33-34(21-26)51-33/h4,6-7,9-10,20,23,26,29-36,38,46H,5,8,11-19,21-22,24H2,1-3H3,(H,44,48). The summed E-state index contributed by atoms with van der Waals surface area (Å²) in [7, 11) is 0. The summed E-state index contributed by atoms with van der Waals surface area (Å²) in [6.45, 7) is 5.38. The number of ether oxygens (including phenoxy) is 5.